The van der Waals surface area contributed by atoms with Crippen LogP contribution in [0.15, 0.2) is 0 Å². The first-order valence-corrected chi connectivity index (χ1v) is 14.1. The van der Waals surface area contributed by atoms with Crippen LogP contribution in [0.2, 0.25) is 0 Å². The maximum Gasteiger partial charge on any atom is 0.303 e. The van der Waals surface area contributed by atoms with Crippen molar-refractivity contribution < 1.29 is 38.5 Å². The number of hydrogen-bond acceptors (Lipinski definition) is 7. The van der Waals surface area contributed by atoms with E-state index < -0.39 is 5.97 Å². The summed E-state index contributed by atoms with van der Waals surface area (Å²) in [5, 5.41) is 9.19. The van der Waals surface area contributed by atoms with Crippen molar-refractivity contribution in [2.75, 3.05) is 0 Å². The average molecular weight is 521 g/mol. The number of esters is 3. The molecule has 208 valence electrons. The third kappa shape index (κ3) is 5.26. The first-order valence-electron chi connectivity index (χ1n) is 14.1. The van der Waals surface area contributed by atoms with Gasteiger partial charge >= 0.3 is 23.9 Å². The number of rotatable bonds is 7. The molecule has 0 spiro atoms. The highest BCUT2D eigenvalue weighted by atomic mass is 16.6. The normalized spacial score (nSPS) is 42.5. The Bertz CT molecular complexity index is 916. The van der Waals surface area contributed by atoms with Gasteiger partial charge in [0.05, 0.1) is 0 Å². The molecule has 0 saturated heterocycles. The molecule has 0 bridgehead atoms. The number of carbonyl (C=O) groups excluding carboxylic acids is 3. The van der Waals surface area contributed by atoms with E-state index in [1.165, 1.54) is 20.8 Å². The van der Waals surface area contributed by atoms with Gasteiger partial charge in [0.2, 0.25) is 0 Å². The first kappa shape index (κ1) is 27.9. The molecule has 4 aliphatic carbocycles. The van der Waals surface area contributed by atoms with E-state index in [9.17, 15) is 24.3 Å². The maximum atomic E-state index is 12.3. The molecule has 4 aliphatic rings. The summed E-state index contributed by atoms with van der Waals surface area (Å²) in [7, 11) is 0. The van der Waals surface area contributed by atoms with Gasteiger partial charge in [-0.2, -0.15) is 0 Å². The second-order valence-corrected chi connectivity index (χ2v) is 12.6. The van der Waals surface area contributed by atoms with E-state index >= 15 is 0 Å². The molecule has 4 rings (SSSR count). The van der Waals surface area contributed by atoms with E-state index in [2.05, 4.69) is 13.8 Å². The van der Waals surface area contributed by atoms with Crippen molar-refractivity contribution in [1.82, 2.24) is 0 Å². The molecule has 0 heterocycles. The van der Waals surface area contributed by atoms with Gasteiger partial charge in [0, 0.05) is 38.5 Å². The summed E-state index contributed by atoms with van der Waals surface area (Å²) >= 11 is 0. The molecule has 4 fully saturated rings. The molecule has 0 radical (unpaired) electrons. The van der Waals surface area contributed by atoms with Gasteiger partial charge in [-0.05, 0) is 86.9 Å². The van der Waals surface area contributed by atoms with Crippen molar-refractivity contribution >= 4 is 23.9 Å². The lowest BCUT2D eigenvalue weighted by Crippen LogP contribution is -2.63. The Morgan fingerprint density at radius 1 is 0.838 bits per heavy atom. The molecule has 8 nitrogen and oxygen atoms in total. The van der Waals surface area contributed by atoms with Gasteiger partial charge in [-0.25, -0.2) is 0 Å². The van der Waals surface area contributed by atoms with Crippen molar-refractivity contribution in [3.8, 4) is 0 Å². The Balaban J connectivity index is 1.68. The molecule has 8 heteroatoms. The average Bonchev–Trinajstić information content (AvgIpc) is 3.11. The quantitative estimate of drug-likeness (QED) is 0.372. The summed E-state index contributed by atoms with van der Waals surface area (Å²) in [6.45, 7) is 8.96. The third-order valence-corrected chi connectivity index (χ3v) is 10.8. The van der Waals surface area contributed by atoms with E-state index in [1.54, 1.807) is 0 Å². The summed E-state index contributed by atoms with van der Waals surface area (Å²) in [6.07, 6.45) is 6.82. The molecular formula is C29H44O8. The highest BCUT2D eigenvalue weighted by Crippen LogP contribution is 2.69. The van der Waals surface area contributed by atoms with Crippen LogP contribution >= 0.6 is 0 Å². The summed E-state index contributed by atoms with van der Waals surface area (Å²) in [4.78, 5) is 47.4. The van der Waals surface area contributed by atoms with Crippen molar-refractivity contribution in [3.63, 3.8) is 0 Å². The Hall–Kier alpha value is -2.12. The van der Waals surface area contributed by atoms with Crippen LogP contribution in [0.5, 0.6) is 0 Å². The van der Waals surface area contributed by atoms with E-state index in [4.69, 9.17) is 14.2 Å². The molecule has 4 saturated carbocycles. The second kappa shape index (κ2) is 10.6. The fourth-order valence-corrected chi connectivity index (χ4v) is 9.25. The summed E-state index contributed by atoms with van der Waals surface area (Å²) in [5.41, 5.74) is -0.318. The molecule has 0 unspecified atom stereocenters. The van der Waals surface area contributed by atoms with Gasteiger partial charge in [0.1, 0.15) is 18.3 Å². The molecule has 37 heavy (non-hydrogen) atoms. The van der Waals surface area contributed by atoms with Crippen LogP contribution in [0.25, 0.3) is 0 Å². The lowest BCUT2D eigenvalue weighted by Gasteiger charge is -2.64. The topological polar surface area (TPSA) is 116 Å². The van der Waals surface area contributed by atoms with Gasteiger partial charge < -0.3 is 19.3 Å². The fraction of sp³-hybridized carbons (Fsp3) is 0.862. The SMILES string of the molecule is CC(=O)O[C@H]1CC[C@@]2(C)[C@H](C1)C[C@@H](OC(C)=O)[C@H]1[C@H]2C[C@H](OC(C)=O)[C@]2(C)[C@H](CCCC(=O)O)CC[C@H]12. The van der Waals surface area contributed by atoms with Crippen molar-refractivity contribution in [2.24, 2.45) is 40.4 Å². The predicted molar refractivity (Wildman–Crippen MR) is 134 cm³/mol. The number of ether oxygens (including phenoxy) is 3. The predicted octanol–water partition coefficient (Wildman–Crippen LogP) is 4.92. The third-order valence-electron chi connectivity index (χ3n) is 10.8. The Labute approximate surface area is 220 Å². The van der Waals surface area contributed by atoms with Crippen LogP contribution in [-0.2, 0) is 33.4 Å². The second-order valence-electron chi connectivity index (χ2n) is 12.6. The molecule has 0 aliphatic heterocycles. The minimum Gasteiger partial charge on any atom is -0.481 e. The summed E-state index contributed by atoms with van der Waals surface area (Å²) < 4.78 is 17.8. The fourth-order valence-electron chi connectivity index (χ4n) is 9.25. The highest BCUT2D eigenvalue weighted by Gasteiger charge is 2.67. The van der Waals surface area contributed by atoms with E-state index in [1.807, 2.05) is 0 Å². The maximum absolute atomic E-state index is 12.3. The smallest absolute Gasteiger partial charge is 0.303 e. The lowest BCUT2D eigenvalue weighted by molar-refractivity contribution is -0.222. The summed E-state index contributed by atoms with van der Waals surface area (Å²) in [5.74, 6) is -0.513. The van der Waals surface area contributed by atoms with Crippen molar-refractivity contribution in [3.05, 3.63) is 0 Å². The minimum atomic E-state index is -0.787. The molecule has 0 aromatic carbocycles. The standard InChI is InChI=1S/C29H44O8/c1-16(30)35-21-11-12-28(4)20(13-21)14-24(36-17(2)31)27-22-10-9-19(7-6-8-26(33)34)29(22,5)25(15-23(27)28)37-18(3)32/h19-25,27H,6-15H2,1-5H3,(H,33,34)/t19-,20-,21+,22-,23-,24-,25+,27-,28+,29-/m1/s1. The molecular weight excluding hydrogens is 476 g/mol. The molecule has 1 N–H and O–H groups in total. The number of carboxylic acid groups (broad SMARTS) is 1. The van der Waals surface area contributed by atoms with Crippen molar-refractivity contribution in [2.45, 2.75) is 117 Å². The number of carboxylic acids is 1. The van der Waals surface area contributed by atoms with E-state index in [0.29, 0.717) is 6.42 Å². The molecule has 0 aromatic rings. The van der Waals surface area contributed by atoms with Gasteiger partial charge in [0.15, 0.2) is 0 Å². The van der Waals surface area contributed by atoms with Gasteiger partial charge in [-0.3, -0.25) is 19.2 Å². The molecule has 10 atom stereocenters. The largest absolute Gasteiger partial charge is 0.481 e. The zero-order valence-electron chi connectivity index (χ0n) is 23.0. The molecule has 0 aromatic heterocycles. The first-order chi connectivity index (χ1) is 17.4. The minimum absolute atomic E-state index is 0.0287. The Morgan fingerprint density at radius 3 is 2.14 bits per heavy atom. The van der Waals surface area contributed by atoms with Gasteiger partial charge in [-0.15, -0.1) is 0 Å². The van der Waals surface area contributed by atoms with Crippen LogP contribution in [0, 0.1) is 40.4 Å². The number of aliphatic carboxylic acids is 1. The number of hydrogen-bond donors (Lipinski definition) is 1. The van der Waals surface area contributed by atoms with Gasteiger partial charge in [-0.1, -0.05) is 13.8 Å². The molecule has 0 amide bonds. The van der Waals surface area contributed by atoms with E-state index in [0.717, 1.165) is 51.4 Å². The number of fused-ring (bicyclic) bond motifs is 5. The van der Waals surface area contributed by atoms with Gasteiger partial charge in [0.25, 0.3) is 0 Å². The monoisotopic (exact) mass is 520 g/mol. The van der Waals surface area contributed by atoms with Crippen LogP contribution in [0.3, 0.4) is 0 Å². The van der Waals surface area contributed by atoms with Crippen molar-refractivity contribution in [1.29, 1.82) is 0 Å². The highest BCUT2D eigenvalue weighted by molar-refractivity contribution is 5.67. The Kier molecular flexibility index (Phi) is 7.97. The Morgan fingerprint density at radius 2 is 1.51 bits per heavy atom. The van der Waals surface area contributed by atoms with Crippen LogP contribution in [0.4, 0.5) is 0 Å². The zero-order chi connectivity index (χ0) is 27.1. The zero-order valence-corrected chi connectivity index (χ0v) is 23.0. The van der Waals surface area contributed by atoms with Crippen LogP contribution < -0.4 is 0 Å². The van der Waals surface area contributed by atoms with Crippen LogP contribution in [-0.4, -0.2) is 47.3 Å². The lowest BCUT2D eigenvalue weighted by atomic mass is 9.43. The van der Waals surface area contributed by atoms with E-state index in [-0.39, 0.29) is 83.1 Å². The van der Waals surface area contributed by atoms with Crippen LogP contribution in [0.1, 0.15) is 98.8 Å². The summed E-state index contributed by atoms with van der Waals surface area (Å²) in [6, 6.07) is 0. The number of carbonyl (C=O) groups is 4.